The number of amides is 1. The van der Waals surface area contributed by atoms with Crippen LogP contribution in [0.25, 0.3) is 0 Å². The fraction of sp³-hybridized carbons (Fsp3) is 0.652. The molecule has 0 radical (unpaired) electrons. The largest absolute Gasteiger partial charge is 0.357 e. The van der Waals surface area contributed by atoms with E-state index in [2.05, 4.69) is 52.6 Å². The predicted molar refractivity (Wildman–Crippen MR) is 125 cm³/mol. The second-order valence-electron chi connectivity index (χ2n) is 8.02. The van der Waals surface area contributed by atoms with Gasteiger partial charge in [-0.25, -0.2) is 0 Å². The van der Waals surface area contributed by atoms with Gasteiger partial charge in [-0.3, -0.25) is 9.79 Å². The first-order valence-corrected chi connectivity index (χ1v) is 11.3. The molecule has 0 bridgehead atoms. The first kappa shape index (κ1) is 24.2. The maximum absolute atomic E-state index is 11.8. The maximum Gasteiger partial charge on any atom is 0.251 e. The van der Waals surface area contributed by atoms with Crippen molar-refractivity contribution in [2.24, 2.45) is 10.9 Å². The Morgan fingerprint density at radius 2 is 1.87 bits per heavy atom. The Labute approximate surface area is 182 Å². The number of nitrogens with zero attached hydrogens (tertiary/aromatic N) is 3. The molecule has 1 aromatic rings. The summed E-state index contributed by atoms with van der Waals surface area (Å²) < 4.78 is 0. The van der Waals surface area contributed by atoms with Crippen LogP contribution in [0.1, 0.15) is 36.7 Å². The van der Waals surface area contributed by atoms with Gasteiger partial charge in [0.15, 0.2) is 5.96 Å². The van der Waals surface area contributed by atoms with Crippen molar-refractivity contribution in [3.8, 4) is 0 Å². The summed E-state index contributed by atoms with van der Waals surface area (Å²) in [5, 5.41) is 9.43. The van der Waals surface area contributed by atoms with E-state index in [1.54, 1.807) is 7.05 Å². The van der Waals surface area contributed by atoms with Gasteiger partial charge in [-0.05, 0) is 43.5 Å². The van der Waals surface area contributed by atoms with Crippen LogP contribution in [-0.2, 0) is 6.42 Å². The van der Waals surface area contributed by atoms with Crippen molar-refractivity contribution in [2.75, 3.05) is 66.0 Å². The van der Waals surface area contributed by atoms with Crippen molar-refractivity contribution in [3.63, 3.8) is 0 Å². The normalized spacial score (nSPS) is 16.9. The fourth-order valence-corrected chi connectivity index (χ4v) is 3.71. The summed E-state index contributed by atoms with van der Waals surface area (Å²) in [5.41, 5.74) is 1.84. The third kappa shape index (κ3) is 8.32. The van der Waals surface area contributed by atoms with Crippen LogP contribution >= 0.6 is 0 Å². The molecule has 1 fully saturated rings. The number of rotatable bonds is 10. The molecular weight excluding hydrogens is 376 g/mol. The van der Waals surface area contributed by atoms with E-state index in [1.807, 2.05) is 18.2 Å². The van der Waals surface area contributed by atoms with E-state index in [1.165, 1.54) is 13.1 Å². The fourth-order valence-electron chi connectivity index (χ4n) is 3.71. The lowest BCUT2D eigenvalue weighted by atomic mass is 10.1. The van der Waals surface area contributed by atoms with Crippen molar-refractivity contribution >= 4 is 11.9 Å². The summed E-state index contributed by atoms with van der Waals surface area (Å²) in [7, 11) is 1.65. The number of nitrogens with one attached hydrogen (secondary N) is 3. The first-order valence-electron chi connectivity index (χ1n) is 11.3. The van der Waals surface area contributed by atoms with Gasteiger partial charge in [0.2, 0.25) is 0 Å². The second kappa shape index (κ2) is 13.2. The summed E-state index contributed by atoms with van der Waals surface area (Å²) >= 11 is 0. The highest BCUT2D eigenvalue weighted by Crippen LogP contribution is 2.07. The van der Waals surface area contributed by atoms with Gasteiger partial charge in [-0.2, -0.15) is 0 Å². The van der Waals surface area contributed by atoms with Crippen molar-refractivity contribution in [2.45, 2.75) is 27.2 Å². The molecule has 0 aliphatic carbocycles. The Morgan fingerprint density at radius 3 is 2.53 bits per heavy atom. The van der Waals surface area contributed by atoms with E-state index in [0.29, 0.717) is 11.5 Å². The number of benzene rings is 1. The first-order chi connectivity index (χ1) is 14.5. The van der Waals surface area contributed by atoms with Crippen LogP contribution < -0.4 is 16.0 Å². The van der Waals surface area contributed by atoms with Gasteiger partial charge >= 0.3 is 0 Å². The monoisotopic (exact) mass is 416 g/mol. The molecule has 3 N–H and O–H groups in total. The van der Waals surface area contributed by atoms with Crippen LogP contribution in [0.15, 0.2) is 29.3 Å². The molecule has 1 amide bonds. The molecule has 168 valence electrons. The summed E-state index contributed by atoms with van der Waals surface area (Å²) in [6.07, 6.45) is 0.840. The lowest BCUT2D eigenvalue weighted by Gasteiger charge is -2.35. The minimum Gasteiger partial charge on any atom is -0.357 e. The highest BCUT2D eigenvalue weighted by molar-refractivity contribution is 5.94. The summed E-state index contributed by atoms with van der Waals surface area (Å²) in [6.45, 7) is 16.0. The summed E-state index contributed by atoms with van der Waals surface area (Å²) in [5.74, 6) is 1.34. The minimum atomic E-state index is -0.0511. The summed E-state index contributed by atoms with van der Waals surface area (Å²) in [6, 6.07) is 7.77. The number of piperazine rings is 1. The van der Waals surface area contributed by atoms with Crippen LogP contribution in [0.2, 0.25) is 0 Å². The molecule has 2 rings (SSSR count). The average Bonchev–Trinajstić information content (AvgIpc) is 2.77. The highest BCUT2D eigenvalue weighted by Gasteiger charge is 2.17. The zero-order valence-electron chi connectivity index (χ0n) is 19.2. The molecule has 0 aromatic heterocycles. The zero-order chi connectivity index (χ0) is 21.8. The minimum absolute atomic E-state index is 0.0511. The molecule has 7 heteroatoms. The standard InChI is InChI=1S/C23H40N6O/c1-5-25-23(26-11-10-20-8-7-9-21(16-20)22(30)24-4)27-17-19(3)18-29-14-12-28(6-2)13-15-29/h7-9,16,19H,5-6,10-15,17-18H2,1-4H3,(H,24,30)(H2,25,26,27). The molecule has 0 saturated carbocycles. The second-order valence-corrected chi connectivity index (χ2v) is 8.02. The molecule has 1 unspecified atom stereocenters. The third-order valence-electron chi connectivity index (χ3n) is 5.51. The number of carbonyl (C=O) groups excluding carboxylic acids is 1. The van der Waals surface area contributed by atoms with Crippen molar-refractivity contribution in [1.82, 2.24) is 25.8 Å². The van der Waals surface area contributed by atoms with Gasteiger partial charge in [0, 0.05) is 65.0 Å². The van der Waals surface area contributed by atoms with Crippen LogP contribution in [0.5, 0.6) is 0 Å². The lowest BCUT2D eigenvalue weighted by Crippen LogP contribution is -2.47. The average molecular weight is 417 g/mol. The number of guanidine groups is 1. The van der Waals surface area contributed by atoms with Crippen molar-refractivity contribution in [3.05, 3.63) is 35.4 Å². The lowest BCUT2D eigenvalue weighted by molar-refractivity contribution is 0.0963. The SMILES string of the molecule is CCNC(=NCC(C)CN1CCN(CC)CC1)NCCc1cccc(C(=O)NC)c1. The molecule has 1 heterocycles. The van der Waals surface area contributed by atoms with Crippen LogP contribution in [-0.4, -0.2) is 87.6 Å². The Hall–Kier alpha value is -2.12. The number of likely N-dealkylation sites (N-methyl/N-ethyl adjacent to an activating group) is 1. The number of hydrogen-bond acceptors (Lipinski definition) is 4. The van der Waals surface area contributed by atoms with Gasteiger partial charge in [0.25, 0.3) is 5.91 Å². The van der Waals surface area contributed by atoms with Crippen LogP contribution in [0, 0.1) is 5.92 Å². The molecule has 1 aliphatic heterocycles. The van der Waals surface area contributed by atoms with Crippen LogP contribution in [0.3, 0.4) is 0 Å². The van der Waals surface area contributed by atoms with E-state index in [0.717, 1.165) is 63.8 Å². The number of carbonyl (C=O) groups is 1. The topological polar surface area (TPSA) is 72.0 Å². The van der Waals surface area contributed by atoms with E-state index in [9.17, 15) is 4.79 Å². The van der Waals surface area contributed by atoms with E-state index < -0.39 is 0 Å². The summed E-state index contributed by atoms with van der Waals surface area (Å²) in [4.78, 5) is 21.7. The van der Waals surface area contributed by atoms with Crippen molar-refractivity contribution < 1.29 is 4.79 Å². The van der Waals surface area contributed by atoms with Crippen LogP contribution in [0.4, 0.5) is 0 Å². The zero-order valence-corrected chi connectivity index (χ0v) is 19.2. The number of hydrogen-bond donors (Lipinski definition) is 3. The van der Waals surface area contributed by atoms with Crippen molar-refractivity contribution in [1.29, 1.82) is 0 Å². The van der Waals surface area contributed by atoms with E-state index >= 15 is 0 Å². The molecule has 0 spiro atoms. The molecule has 7 nitrogen and oxygen atoms in total. The Morgan fingerprint density at radius 1 is 1.13 bits per heavy atom. The van der Waals surface area contributed by atoms with Gasteiger partial charge in [0.05, 0.1) is 0 Å². The van der Waals surface area contributed by atoms with E-state index in [-0.39, 0.29) is 5.91 Å². The molecule has 1 aliphatic rings. The van der Waals surface area contributed by atoms with E-state index in [4.69, 9.17) is 4.99 Å². The molecule has 1 saturated heterocycles. The number of aliphatic imine (C=N–C) groups is 1. The Bertz CT molecular complexity index is 669. The Balaban J connectivity index is 1.78. The highest BCUT2D eigenvalue weighted by atomic mass is 16.1. The van der Waals surface area contributed by atoms with Gasteiger partial charge in [0.1, 0.15) is 0 Å². The smallest absolute Gasteiger partial charge is 0.251 e. The molecule has 1 atom stereocenters. The van der Waals surface area contributed by atoms with Gasteiger partial charge in [-0.15, -0.1) is 0 Å². The predicted octanol–water partition coefficient (Wildman–Crippen LogP) is 1.42. The molecule has 30 heavy (non-hydrogen) atoms. The Kier molecular flexibility index (Phi) is 10.7. The van der Waals surface area contributed by atoms with Gasteiger partial charge < -0.3 is 25.8 Å². The molecule has 1 aromatic carbocycles. The molecular formula is C23H40N6O. The quantitative estimate of drug-likeness (QED) is 0.397. The third-order valence-corrected chi connectivity index (χ3v) is 5.51. The maximum atomic E-state index is 11.8. The van der Waals surface area contributed by atoms with Gasteiger partial charge in [-0.1, -0.05) is 26.0 Å².